The molecule has 0 amide bonds. The summed E-state index contributed by atoms with van der Waals surface area (Å²) < 4.78 is 0. The van der Waals surface area contributed by atoms with Crippen molar-refractivity contribution in [1.29, 1.82) is 0 Å². The second kappa shape index (κ2) is 29.1. The van der Waals surface area contributed by atoms with Crippen LogP contribution in [0, 0.1) is 0 Å². The summed E-state index contributed by atoms with van der Waals surface area (Å²) in [6, 6.07) is 182. The van der Waals surface area contributed by atoms with Gasteiger partial charge in [-0.15, -0.1) is 0 Å². The Hall–Kier alpha value is -17.3. The van der Waals surface area contributed by atoms with Crippen LogP contribution >= 0.6 is 0 Å². The molecule has 2 spiro atoms. The lowest BCUT2D eigenvalue weighted by atomic mass is 9.70. The normalized spacial score (nSPS) is 15.6. The Morgan fingerprint density at radius 3 is 1.00 bits per heavy atom. The highest BCUT2D eigenvalue weighted by atomic mass is 15.2. The molecule has 0 N–H and O–H groups in total. The van der Waals surface area contributed by atoms with Crippen molar-refractivity contribution in [3.8, 4) is 145 Å². The number of nitrogens with zero attached hydrogens (tertiary/aromatic N) is 2. The van der Waals surface area contributed by atoms with Gasteiger partial charge in [0.05, 0.1) is 22.2 Å². The molecule has 2 heteroatoms. The molecule has 23 aromatic rings. The fourth-order valence-corrected chi connectivity index (χ4v) is 27.2. The van der Waals surface area contributed by atoms with Gasteiger partial charge in [0.2, 0.25) is 0 Å². The molecule has 0 saturated carbocycles. The third kappa shape index (κ3) is 10.7. The number of benzene rings is 23. The summed E-state index contributed by atoms with van der Waals surface area (Å²) in [6.07, 6.45) is 0. The molecule has 140 heavy (non-hydrogen) atoms. The molecule has 30 rings (SSSR count). The van der Waals surface area contributed by atoms with Crippen molar-refractivity contribution in [3.63, 3.8) is 0 Å². The lowest BCUT2D eigenvalue weighted by molar-refractivity contribution is 0.660. The van der Waals surface area contributed by atoms with E-state index in [4.69, 9.17) is 0 Å². The second-order valence-electron chi connectivity index (χ2n) is 40.6. The van der Waals surface area contributed by atoms with E-state index >= 15 is 0 Å². The Balaban J connectivity index is 0.558. The van der Waals surface area contributed by atoms with Gasteiger partial charge in [0.15, 0.2) is 0 Å². The van der Waals surface area contributed by atoms with Crippen molar-refractivity contribution in [2.24, 2.45) is 0 Å². The van der Waals surface area contributed by atoms with Crippen molar-refractivity contribution >= 4 is 77.2 Å². The van der Waals surface area contributed by atoms with Crippen molar-refractivity contribution in [1.82, 2.24) is 0 Å². The van der Waals surface area contributed by atoms with Crippen LogP contribution in [0.4, 0.5) is 34.1 Å². The third-order valence-electron chi connectivity index (χ3n) is 33.2. The summed E-state index contributed by atoms with van der Waals surface area (Å²) in [7, 11) is 0. The van der Waals surface area contributed by atoms with Crippen molar-refractivity contribution < 1.29 is 0 Å². The lowest BCUT2D eigenvalue weighted by Gasteiger charge is -2.33. The zero-order valence-corrected chi connectivity index (χ0v) is 77.9. The molecule has 0 fully saturated rings. The van der Waals surface area contributed by atoms with Crippen molar-refractivity contribution in [2.75, 3.05) is 9.80 Å². The van der Waals surface area contributed by atoms with E-state index in [1.165, 1.54) is 221 Å². The number of rotatable bonds is 11. The molecular weight excluding hydrogens is 1690 g/mol. The van der Waals surface area contributed by atoms with E-state index in [2.05, 4.69) is 511 Å². The van der Waals surface area contributed by atoms with E-state index in [-0.39, 0.29) is 5.41 Å². The van der Waals surface area contributed by atoms with Gasteiger partial charge in [0.1, 0.15) is 0 Å². The largest absolute Gasteiger partial charge is 0.310 e. The van der Waals surface area contributed by atoms with Crippen LogP contribution in [-0.2, 0) is 21.7 Å². The Morgan fingerprint density at radius 1 is 0.150 bits per heavy atom. The maximum absolute atomic E-state index is 2.60. The van der Waals surface area contributed by atoms with Gasteiger partial charge in [0.25, 0.3) is 0 Å². The number of anilines is 6. The first kappa shape index (κ1) is 79.0. The molecule has 0 saturated heterocycles. The van der Waals surface area contributed by atoms with Gasteiger partial charge in [-0.05, 0) is 334 Å². The molecule has 23 aromatic carbocycles. The first-order valence-corrected chi connectivity index (χ1v) is 49.4. The summed E-state index contributed by atoms with van der Waals surface area (Å²) in [4.78, 5) is 5.19. The van der Waals surface area contributed by atoms with Crippen LogP contribution in [0.15, 0.2) is 473 Å². The molecule has 2 atom stereocenters. The quantitative estimate of drug-likeness (QED) is 0.119. The van der Waals surface area contributed by atoms with Gasteiger partial charge < -0.3 is 9.80 Å². The highest BCUT2D eigenvalue weighted by Gasteiger charge is 2.55. The van der Waals surface area contributed by atoms with Crippen LogP contribution in [0.5, 0.6) is 0 Å². The average molecular weight is 1780 g/mol. The number of hydrogen-bond acceptors (Lipinski definition) is 2. The zero-order valence-electron chi connectivity index (χ0n) is 77.9. The minimum atomic E-state index is -0.648. The number of fused-ring (bicyclic) bond motifs is 36. The maximum Gasteiger partial charge on any atom is 0.0726 e. The molecule has 0 radical (unpaired) electrons. The van der Waals surface area contributed by atoms with E-state index in [0.29, 0.717) is 0 Å². The highest BCUT2D eigenvalue weighted by Crippen LogP contribution is 2.69. The Labute approximate surface area is 815 Å². The van der Waals surface area contributed by atoms with Gasteiger partial charge in [-0.1, -0.05) is 410 Å². The van der Waals surface area contributed by atoms with Gasteiger partial charge in [-0.3, -0.25) is 0 Å². The van der Waals surface area contributed by atoms with Crippen LogP contribution < -0.4 is 9.80 Å². The van der Waals surface area contributed by atoms with Crippen molar-refractivity contribution in [3.05, 3.63) is 540 Å². The summed E-state index contributed by atoms with van der Waals surface area (Å²) in [5, 5.41) is 10.3. The minimum Gasteiger partial charge on any atom is -0.310 e. The van der Waals surface area contributed by atoms with E-state index in [1.54, 1.807) is 0 Å². The van der Waals surface area contributed by atoms with E-state index in [9.17, 15) is 0 Å². The van der Waals surface area contributed by atoms with Gasteiger partial charge >= 0.3 is 0 Å². The topological polar surface area (TPSA) is 6.48 Å². The molecule has 0 heterocycles. The Kier molecular flexibility index (Phi) is 16.4. The van der Waals surface area contributed by atoms with Crippen LogP contribution in [0.1, 0.15) is 94.5 Å². The monoisotopic (exact) mass is 1770 g/mol. The predicted octanol–water partition coefficient (Wildman–Crippen LogP) is 36.5. The van der Waals surface area contributed by atoms with Crippen LogP contribution in [0.25, 0.3) is 188 Å². The standard InChI is InChI=1S/C138H90N2/c1-135(2)119-53-25-20-44-101(119)105-68-64-90(76-124(105)135)139(92-65-69-106-102-45-21-26-54-120(102)137(126(106)78-92)122-56-28-23-47-104(122)117-80-115-98-41-17-14-38-95(98)96-39-15-18-42-99(96)116(115)81-128(117)137)131-73-63-89(75-114(131)86-36-12-7-13-37-86)84-58-60-87(61-59-84)94-49-30-51-110-108-71-67-91(77-125(108)136(3,4)134(94)110)140(130-72-62-88(83-32-8-5-9-33-83)74-113(130)85-34-10-6-11-35-85)93-66-70-107-103-46-22-27-55-121(103)138(127(107)79-93)123-57-29-24-48-111(123)133-112-52-31-50-109-97-40-16-19-43-100(97)118(132(109)112)82-129(133)138/h5-82H,1-4H3. The first-order valence-electron chi connectivity index (χ1n) is 49.4. The lowest BCUT2D eigenvalue weighted by Crippen LogP contribution is -2.26. The summed E-state index contributed by atoms with van der Waals surface area (Å²) >= 11 is 0. The maximum atomic E-state index is 2.60. The molecule has 0 bridgehead atoms. The van der Waals surface area contributed by atoms with Crippen LogP contribution in [0.2, 0.25) is 0 Å². The SMILES string of the molecule is CC1(C)c2ccccc2-c2ccc(N(c3ccc4c(c3)C3(c5ccccc5-4)c4ccccc4-c4cc5c6ccccc6c6ccccc6c5cc43)c3ccc(-c4ccc(-c5cccc6c5C(C)(C)c5cc(N(c7ccc8c(c7)C7(c9ccccc9-8)c8ccccc8-c8c7cc7c9c(cccc89)-c8ccccc8-7)c7ccc(-c8ccccc8)cc7-c7ccccc7)ccc5-6)cc4)cc3-c3ccccc3)cc21. The molecule has 0 aliphatic heterocycles. The highest BCUT2D eigenvalue weighted by molar-refractivity contribution is 6.27. The van der Waals surface area contributed by atoms with Gasteiger partial charge in [-0.2, -0.15) is 0 Å². The van der Waals surface area contributed by atoms with E-state index in [1.807, 2.05) is 0 Å². The molecule has 0 aromatic heterocycles. The smallest absolute Gasteiger partial charge is 0.0726 e. The molecule has 2 nitrogen and oxygen atoms in total. The van der Waals surface area contributed by atoms with E-state index < -0.39 is 16.2 Å². The summed E-state index contributed by atoms with van der Waals surface area (Å²) in [5.74, 6) is 0. The summed E-state index contributed by atoms with van der Waals surface area (Å²) in [6.45, 7) is 9.74. The van der Waals surface area contributed by atoms with Crippen LogP contribution in [0.3, 0.4) is 0 Å². The molecule has 652 valence electrons. The minimum absolute atomic E-state index is 0.254. The number of hydrogen-bond donors (Lipinski definition) is 0. The van der Waals surface area contributed by atoms with Crippen LogP contribution in [-0.4, -0.2) is 0 Å². The van der Waals surface area contributed by atoms with Crippen molar-refractivity contribution in [2.45, 2.75) is 49.4 Å². The predicted molar refractivity (Wildman–Crippen MR) is 585 cm³/mol. The fourth-order valence-electron chi connectivity index (χ4n) is 27.2. The van der Waals surface area contributed by atoms with Gasteiger partial charge in [0, 0.05) is 44.7 Å². The van der Waals surface area contributed by atoms with E-state index in [0.717, 1.165) is 67.5 Å². The second-order valence-corrected chi connectivity index (χ2v) is 40.6. The average Bonchev–Trinajstić information content (AvgIpc) is 1.51. The zero-order chi connectivity index (χ0) is 92.3. The molecule has 2 unspecified atom stereocenters. The Morgan fingerprint density at radius 2 is 0.471 bits per heavy atom. The molecule has 7 aliphatic carbocycles. The Bertz CT molecular complexity index is 9380. The molecule has 7 aliphatic rings. The third-order valence-corrected chi connectivity index (χ3v) is 33.2. The first-order chi connectivity index (χ1) is 69.0. The fraction of sp³-hybridized carbons (Fsp3) is 0.0580. The molecular formula is C138H90N2. The summed E-state index contributed by atoms with van der Waals surface area (Å²) in [5.41, 5.74) is 52.7. The van der Waals surface area contributed by atoms with Gasteiger partial charge in [-0.25, -0.2) is 0 Å².